The van der Waals surface area contributed by atoms with Gasteiger partial charge in [-0.05, 0) is 26.1 Å². The van der Waals surface area contributed by atoms with Crippen LogP contribution in [-0.2, 0) is 9.53 Å². The van der Waals surface area contributed by atoms with Crippen molar-refractivity contribution in [3.05, 3.63) is 0 Å². The summed E-state index contributed by atoms with van der Waals surface area (Å²) in [6.45, 7) is 12.3. The minimum atomic E-state index is -0.730. The first-order valence-electron chi connectivity index (χ1n) is 7.40. The second-order valence-electron chi connectivity index (χ2n) is 5.11. The highest BCUT2D eigenvalue weighted by molar-refractivity contribution is 5.71. The van der Waals surface area contributed by atoms with E-state index in [0.29, 0.717) is 13.2 Å². The Kier molecular flexibility index (Phi) is 7.34. The fraction of sp³-hybridized carbons (Fsp3) is 0.929. The first-order valence-corrected chi connectivity index (χ1v) is 7.40. The van der Waals surface area contributed by atoms with E-state index in [1.807, 2.05) is 0 Å². The normalized spacial score (nSPS) is 23.4. The van der Waals surface area contributed by atoms with Gasteiger partial charge in [0.1, 0.15) is 0 Å². The molecule has 1 N–H and O–H groups in total. The standard InChI is InChI=1S/C14H28N2O3/c1-4-7-16(9-8-15(5-2)6-3)13-11-19-10-12(13)14(17)18/h12-13H,4-11H2,1-3H3,(H,17,18). The van der Waals surface area contributed by atoms with Crippen molar-refractivity contribution in [2.75, 3.05) is 45.9 Å². The molecule has 1 aliphatic heterocycles. The Morgan fingerprint density at radius 1 is 1.16 bits per heavy atom. The van der Waals surface area contributed by atoms with Crippen LogP contribution in [0.4, 0.5) is 0 Å². The molecule has 0 aromatic heterocycles. The van der Waals surface area contributed by atoms with Gasteiger partial charge in [0.2, 0.25) is 0 Å². The Morgan fingerprint density at radius 3 is 2.37 bits per heavy atom. The molecule has 19 heavy (non-hydrogen) atoms. The fourth-order valence-corrected chi connectivity index (χ4v) is 2.68. The monoisotopic (exact) mass is 272 g/mol. The maximum atomic E-state index is 11.3. The van der Waals surface area contributed by atoms with Gasteiger partial charge in [-0.25, -0.2) is 0 Å². The van der Waals surface area contributed by atoms with E-state index in [2.05, 4.69) is 30.6 Å². The zero-order chi connectivity index (χ0) is 14.3. The fourth-order valence-electron chi connectivity index (χ4n) is 2.68. The zero-order valence-electron chi connectivity index (χ0n) is 12.5. The molecule has 0 bridgehead atoms. The smallest absolute Gasteiger partial charge is 0.310 e. The van der Waals surface area contributed by atoms with Crippen molar-refractivity contribution in [3.63, 3.8) is 0 Å². The van der Waals surface area contributed by atoms with Crippen LogP contribution in [0.25, 0.3) is 0 Å². The van der Waals surface area contributed by atoms with Crippen molar-refractivity contribution in [1.29, 1.82) is 0 Å². The topological polar surface area (TPSA) is 53.0 Å². The maximum absolute atomic E-state index is 11.3. The molecule has 0 saturated carbocycles. The van der Waals surface area contributed by atoms with Gasteiger partial charge in [0, 0.05) is 19.1 Å². The largest absolute Gasteiger partial charge is 0.481 e. The molecule has 0 spiro atoms. The van der Waals surface area contributed by atoms with Crippen LogP contribution in [0.2, 0.25) is 0 Å². The van der Waals surface area contributed by atoms with Gasteiger partial charge in [-0.15, -0.1) is 0 Å². The summed E-state index contributed by atoms with van der Waals surface area (Å²) in [5.41, 5.74) is 0. The number of carboxylic acid groups (broad SMARTS) is 1. The second-order valence-corrected chi connectivity index (χ2v) is 5.11. The molecular weight excluding hydrogens is 244 g/mol. The first kappa shape index (κ1) is 16.4. The lowest BCUT2D eigenvalue weighted by Gasteiger charge is -2.32. The third kappa shape index (κ3) is 4.75. The quantitative estimate of drug-likeness (QED) is 0.682. The molecule has 5 nitrogen and oxygen atoms in total. The number of carbonyl (C=O) groups is 1. The summed E-state index contributed by atoms with van der Waals surface area (Å²) in [6.07, 6.45) is 1.04. The van der Waals surface area contributed by atoms with Crippen molar-refractivity contribution < 1.29 is 14.6 Å². The molecular formula is C14H28N2O3. The highest BCUT2D eigenvalue weighted by Gasteiger charge is 2.37. The van der Waals surface area contributed by atoms with Crippen LogP contribution in [0.15, 0.2) is 0 Å². The minimum Gasteiger partial charge on any atom is -0.481 e. The van der Waals surface area contributed by atoms with Crippen molar-refractivity contribution in [2.24, 2.45) is 5.92 Å². The number of rotatable bonds is 9. The number of aliphatic carboxylic acids is 1. The number of nitrogens with zero attached hydrogens (tertiary/aromatic N) is 2. The van der Waals surface area contributed by atoms with E-state index in [-0.39, 0.29) is 12.0 Å². The third-order valence-electron chi connectivity index (χ3n) is 3.95. The molecule has 1 rings (SSSR count). The summed E-state index contributed by atoms with van der Waals surface area (Å²) < 4.78 is 5.38. The highest BCUT2D eigenvalue weighted by Crippen LogP contribution is 2.20. The van der Waals surface area contributed by atoms with Gasteiger partial charge in [0.05, 0.1) is 19.1 Å². The third-order valence-corrected chi connectivity index (χ3v) is 3.95. The van der Waals surface area contributed by atoms with Crippen LogP contribution in [0, 0.1) is 5.92 Å². The lowest BCUT2D eigenvalue weighted by molar-refractivity contribution is -0.143. The molecule has 1 aliphatic rings. The Hall–Kier alpha value is -0.650. The molecule has 0 aromatic carbocycles. The molecule has 2 atom stereocenters. The molecule has 0 amide bonds. The van der Waals surface area contributed by atoms with Crippen LogP contribution in [-0.4, -0.2) is 72.9 Å². The van der Waals surface area contributed by atoms with Gasteiger partial charge in [-0.2, -0.15) is 0 Å². The van der Waals surface area contributed by atoms with Gasteiger partial charge < -0.3 is 14.7 Å². The Labute approximate surface area is 116 Å². The molecule has 0 aliphatic carbocycles. The molecule has 0 radical (unpaired) electrons. The number of likely N-dealkylation sites (N-methyl/N-ethyl adjacent to an activating group) is 1. The van der Waals surface area contributed by atoms with Crippen molar-refractivity contribution in [1.82, 2.24) is 9.80 Å². The number of hydrogen-bond acceptors (Lipinski definition) is 4. The van der Waals surface area contributed by atoms with Crippen LogP contribution in [0.1, 0.15) is 27.2 Å². The minimum absolute atomic E-state index is 0.0352. The van der Waals surface area contributed by atoms with Gasteiger partial charge in [-0.1, -0.05) is 20.8 Å². The van der Waals surface area contributed by atoms with E-state index in [9.17, 15) is 9.90 Å². The summed E-state index contributed by atoms with van der Waals surface area (Å²) in [5.74, 6) is -1.10. The lowest BCUT2D eigenvalue weighted by Crippen LogP contribution is -2.46. The number of carboxylic acids is 1. The molecule has 0 aromatic rings. The van der Waals surface area contributed by atoms with Crippen LogP contribution < -0.4 is 0 Å². The zero-order valence-corrected chi connectivity index (χ0v) is 12.5. The summed E-state index contributed by atoms with van der Waals surface area (Å²) >= 11 is 0. The van der Waals surface area contributed by atoms with Crippen molar-refractivity contribution in [3.8, 4) is 0 Å². The van der Waals surface area contributed by atoms with Gasteiger partial charge in [0.15, 0.2) is 0 Å². The highest BCUT2D eigenvalue weighted by atomic mass is 16.5. The average Bonchev–Trinajstić information content (AvgIpc) is 2.87. The Bertz CT molecular complexity index is 269. The Morgan fingerprint density at radius 2 is 1.84 bits per heavy atom. The summed E-state index contributed by atoms with van der Waals surface area (Å²) in [5, 5.41) is 9.25. The van der Waals surface area contributed by atoms with Crippen LogP contribution >= 0.6 is 0 Å². The molecule has 1 saturated heterocycles. The van der Waals surface area contributed by atoms with E-state index < -0.39 is 5.97 Å². The van der Waals surface area contributed by atoms with Gasteiger partial charge in [-0.3, -0.25) is 9.69 Å². The van der Waals surface area contributed by atoms with Gasteiger partial charge >= 0.3 is 5.97 Å². The van der Waals surface area contributed by atoms with Crippen LogP contribution in [0.3, 0.4) is 0 Å². The average molecular weight is 272 g/mol. The molecule has 1 heterocycles. The number of hydrogen-bond donors (Lipinski definition) is 1. The second kappa shape index (κ2) is 8.51. The van der Waals surface area contributed by atoms with Gasteiger partial charge in [0.25, 0.3) is 0 Å². The van der Waals surface area contributed by atoms with Crippen molar-refractivity contribution >= 4 is 5.97 Å². The summed E-state index contributed by atoms with van der Waals surface area (Å²) in [7, 11) is 0. The summed E-state index contributed by atoms with van der Waals surface area (Å²) in [6, 6.07) is 0.0352. The molecule has 1 fully saturated rings. The Balaban J connectivity index is 2.57. The predicted octanol–water partition coefficient (Wildman–Crippen LogP) is 1.14. The van der Waals surface area contributed by atoms with E-state index in [1.165, 1.54) is 0 Å². The molecule has 112 valence electrons. The van der Waals surface area contributed by atoms with Crippen molar-refractivity contribution in [2.45, 2.75) is 33.2 Å². The lowest BCUT2D eigenvalue weighted by atomic mass is 10.0. The number of ether oxygens (including phenoxy) is 1. The van der Waals surface area contributed by atoms with E-state index in [0.717, 1.165) is 39.1 Å². The summed E-state index contributed by atoms with van der Waals surface area (Å²) in [4.78, 5) is 15.9. The van der Waals surface area contributed by atoms with E-state index >= 15 is 0 Å². The predicted molar refractivity (Wildman–Crippen MR) is 75.4 cm³/mol. The first-order chi connectivity index (χ1) is 9.13. The van der Waals surface area contributed by atoms with E-state index in [4.69, 9.17) is 4.74 Å². The maximum Gasteiger partial charge on any atom is 0.310 e. The molecule has 5 heteroatoms. The van der Waals surface area contributed by atoms with E-state index in [1.54, 1.807) is 0 Å². The van der Waals surface area contributed by atoms with Crippen LogP contribution in [0.5, 0.6) is 0 Å². The SMILES string of the molecule is CCCN(CCN(CC)CC)C1COCC1C(=O)O. The molecule has 2 unspecified atom stereocenters.